The number of alkyl halides is 1. The Hall–Kier alpha value is -1.23. The summed E-state index contributed by atoms with van der Waals surface area (Å²) in [6.45, 7) is 0.380. The number of benzene rings is 1. The first-order valence-corrected chi connectivity index (χ1v) is 6.58. The summed E-state index contributed by atoms with van der Waals surface area (Å²) in [4.78, 5) is 0. The van der Waals surface area contributed by atoms with Gasteiger partial charge in [0.25, 0.3) is 0 Å². The molecule has 0 unspecified atom stereocenters. The number of methoxy groups -OCH3 is 2. The summed E-state index contributed by atoms with van der Waals surface area (Å²) in [5.41, 5.74) is 2.39. The van der Waals surface area contributed by atoms with E-state index in [1.807, 2.05) is 24.3 Å². The van der Waals surface area contributed by atoms with Crippen molar-refractivity contribution in [1.82, 2.24) is 9.78 Å². The van der Waals surface area contributed by atoms with Crippen molar-refractivity contribution in [3.8, 4) is 11.4 Å². The molecule has 2 rings (SSSR count). The maximum absolute atomic E-state index is 6.30. The third-order valence-corrected chi connectivity index (χ3v) is 3.39. The van der Waals surface area contributed by atoms with Crippen molar-refractivity contribution in [2.45, 2.75) is 12.5 Å². The maximum Gasteiger partial charge on any atom is 0.137 e. The van der Waals surface area contributed by atoms with E-state index >= 15 is 0 Å². The van der Waals surface area contributed by atoms with Crippen LogP contribution in [0.5, 0.6) is 5.75 Å². The molecular formula is C13H14Cl2N2O2. The normalized spacial score (nSPS) is 10.7. The van der Waals surface area contributed by atoms with Gasteiger partial charge in [-0.2, -0.15) is 5.10 Å². The molecule has 1 heterocycles. The Labute approximate surface area is 121 Å². The number of aromatic nitrogens is 2. The van der Waals surface area contributed by atoms with Crippen molar-refractivity contribution in [2.75, 3.05) is 14.2 Å². The van der Waals surface area contributed by atoms with Crippen LogP contribution in [0, 0.1) is 0 Å². The standard InChI is InChI=1S/C13H14Cl2N2O2/c1-18-8-12-11(7-14)13(15)17(16-12)9-3-5-10(19-2)6-4-9/h3-6H,7-8H2,1-2H3. The highest BCUT2D eigenvalue weighted by atomic mass is 35.5. The summed E-state index contributed by atoms with van der Waals surface area (Å²) in [7, 11) is 3.23. The van der Waals surface area contributed by atoms with Crippen LogP contribution in [0.15, 0.2) is 24.3 Å². The second-order valence-corrected chi connectivity index (χ2v) is 4.52. The highest BCUT2D eigenvalue weighted by Crippen LogP contribution is 2.26. The molecule has 0 aliphatic heterocycles. The monoisotopic (exact) mass is 300 g/mol. The van der Waals surface area contributed by atoms with Crippen molar-refractivity contribution in [3.63, 3.8) is 0 Å². The number of rotatable bonds is 5. The number of ether oxygens (including phenoxy) is 2. The molecule has 19 heavy (non-hydrogen) atoms. The molecule has 4 nitrogen and oxygen atoms in total. The number of hydrogen-bond acceptors (Lipinski definition) is 3. The predicted octanol–water partition coefficient (Wildman–Crippen LogP) is 3.42. The average Bonchev–Trinajstić information content (AvgIpc) is 2.75. The van der Waals surface area contributed by atoms with E-state index in [1.54, 1.807) is 18.9 Å². The molecule has 0 fully saturated rings. The lowest BCUT2D eigenvalue weighted by Gasteiger charge is -2.04. The van der Waals surface area contributed by atoms with E-state index < -0.39 is 0 Å². The maximum atomic E-state index is 6.30. The Balaban J connectivity index is 2.43. The molecular weight excluding hydrogens is 287 g/mol. The quantitative estimate of drug-likeness (QED) is 0.794. The van der Waals surface area contributed by atoms with Crippen molar-refractivity contribution >= 4 is 23.2 Å². The van der Waals surface area contributed by atoms with Gasteiger partial charge in [0.05, 0.1) is 31.0 Å². The zero-order chi connectivity index (χ0) is 13.8. The fourth-order valence-electron chi connectivity index (χ4n) is 1.75. The van der Waals surface area contributed by atoms with Gasteiger partial charge in [0.1, 0.15) is 10.9 Å². The Kier molecular flexibility index (Phi) is 4.69. The summed E-state index contributed by atoms with van der Waals surface area (Å²) in [6.07, 6.45) is 0. The smallest absolute Gasteiger partial charge is 0.137 e. The van der Waals surface area contributed by atoms with Crippen LogP contribution in [0.3, 0.4) is 0 Å². The molecule has 102 valence electrons. The van der Waals surface area contributed by atoms with E-state index in [1.165, 1.54) is 0 Å². The van der Waals surface area contributed by atoms with Gasteiger partial charge in [-0.05, 0) is 24.3 Å². The predicted molar refractivity (Wildman–Crippen MR) is 75.4 cm³/mol. The molecule has 0 aliphatic rings. The van der Waals surface area contributed by atoms with E-state index in [4.69, 9.17) is 32.7 Å². The molecule has 2 aromatic rings. The van der Waals surface area contributed by atoms with Crippen LogP contribution in [0.2, 0.25) is 5.15 Å². The van der Waals surface area contributed by atoms with E-state index in [2.05, 4.69) is 5.10 Å². The Bertz CT molecular complexity index is 553. The molecule has 0 radical (unpaired) electrons. The summed E-state index contributed by atoms with van der Waals surface area (Å²) in [5, 5.41) is 4.94. The van der Waals surface area contributed by atoms with Gasteiger partial charge >= 0.3 is 0 Å². The van der Waals surface area contributed by atoms with Gasteiger partial charge in [-0.25, -0.2) is 4.68 Å². The summed E-state index contributed by atoms with van der Waals surface area (Å²) < 4.78 is 11.9. The van der Waals surface area contributed by atoms with E-state index in [0.717, 1.165) is 22.7 Å². The zero-order valence-corrected chi connectivity index (χ0v) is 12.2. The van der Waals surface area contributed by atoms with Crippen molar-refractivity contribution in [3.05, 3.63) is 40.7 Å². The Morgan fingerprint density at radius 3 is 2.42 bits per heavy atom. The minimum Gasteiger partial charge on any atom is -0.497 e. The Morgan fingerprint density at radius 1 is 1.21 bits per heavy atom. The molecule has 1 aromatic carbocycles. The third kappa shape index (κ3) is 2.86. The Morgan fingerprint density at radius 2 is 1.89 bits per heavy atom. The summed E-state index contributed by atoms with van der Waals surface area (Å²) in [6, 6.07) is 7.46. The van der Waals surface area contributed by atoms with Gasteiger partial charge in [-0.1, -0.05) is 11.6 Å². The zero-order valence-electron chi connectivity index (χ0n) is 10.7. The van der Waals surface area contributed by atoms with Gasteiger partial charge in [0, 0.05) is 12.7 Å². The highest BCUT2D eigenvalue weighted by molar-refractivity contribution is 6.31. The molecule has 0 N–H and O–H groups in total. The molecule has 0 spiro atoms. The second kappa shape index (κ2) is 6.28. The third-order valence-electron chi connectivity index (χ3n) is 2.74. The topological polar surface area (TPSA) is 36.3 Å². The summed E-state index contributed by atoms with van der Waals surface area (Å²) in [5.74, 6) is 1.08. The minimum atomic E-state index is 0.299. The van der Waals surface area contributed by atoms with Crippen molar-refractivity contribution in [1.29, 1.82) is 0 Å². The van der Waals surface area contributed by atoms with E-state index in [9.17, 15) is 0 Å². The summed E-state index contributed by atoms with van der Waals surface area (Å²) >= 11 is 12.2. The van der Waals surface area contributed by atoms with Crippen LogP contribution < -0.4 is 4.74 Å². The van der Waals surface area contributed by atoms with Crippen LogP contribution in [0.25, 0.3) is 5.69 Å². The van der Waals surface area contributed by atoms with Gasteiger partial charge in [0.15, 0.2) is 0 Å². The van der Waals surface area contributed by atoms with Gasteiger partial charge in [-0.3, -0.25) is 0 Å². The van der Waals surface area contributed by atoms with E-state index in [0.29, 0.717) is 17.6 Å². The van der Waals surface area contributed by atoms with E-state index in [-0.39, 0.29) is 0 Å². The number of halogens is 2. The van der Waals surface area contributed by atoms with Crippen LogP contribution in [0.1, 0.15) is 11.3 Å². The van der Waals surface area contributed by atoms with Gasteiger partial charge in [0.2, 0.25) is 0 Å². The molecule has 0 atom stereocenters. The first-order valence-electron chi connectivity index (χ1n) is 5.66. The second-order valence-electron chi connectivity index (χ2n) is 3.89. The largest absolute Gasteiger partial charge is 0.497 e. The minimum absolute atomic E-state index is 0.299. The molecule has 1 aromatic heterocycles. The van der Waals surface area contributed by atoms with Gasteiger partial charge in [-0.15, -0.1) is 11.6 Å². The first-order chi connectivity index (χ1) is 9.21. The highest BCUT2D eigenvalue weighted by Gasteiger charge is 2.16. The molecule has 0 saturated heterocycles. The van der Waals surface area contributed by atoms with Crippen LogP contribution in [-0.2, 0) is 17.2 Å². The average molecular weight is 301 g/mol. The fourth-order valence-corrected chi connectivity index (χ4v) is 2.41. The van der Waals surface area contributed by atoms with Crippen molar-refractivity contribution < 1.29 is 9.47 Å². The van der Waals surface area contributed by atoms with Crippen molar-refractivity contribution in [2.24, 2.45) is 0 Å². The molecule has 0 saturated carbocycles. The molecule has 0 bridgehead atoms. The first kappa shape index (κ1) is 14.2. The molecule has 6 heteroatoms. The fraction of sp³-hybridized carbons (Fsp3) is 0.308. The van der Waals surface area contributed by atoms with Crippen LogP contribution >= 0.6 is 23.2 Å². The molecule has 0 amide bonds. The van der Waals surface area contributed by atoms with Gasteiger partial charge < -0.3 is 9.47 Å². The van der Waals surface area contributed by atoms with Crippen LogP contribution in [-0.4, -0.2) is 24.0 Å². The number of nitrogens with zero attached hydrogens (tertiary/aromatic N) is 2. The molecule has 0 aliphatic carbocycles. The SMILES string of the molecule is COCc1nn(-c2ccc(OC)cc2)c(Cl)c1CCl. The van der Waals surface area contributed by atoms with Crippen LogP contribution in [0.4, 0.5) is 0 Å². The number of hydrogen-bond donors (Lipinski definition) is 0. The lowest BCUT2D eigenvalue weighted by molar-refractivity contribution is 0.180. The lowest BCUT2D eigenvalue weighted by Crippen LogP contribution is -1.98. The lowest BCUT2D eigenvalue weighted by atomic mass is 10.3.